The average Bonchev–Trinajstić information content (AvgIpc) is 2.61. The van der Waals surface area contributed by atoms with Gasteiger partial charge in [-0.25, -0.2) is 4.79 Å². The number of carboxylic acid groups (broad SMARTS) is 1. The van der Waals surface area contributed by atoms with Crippen LogP contribution in [-0.4, -0.2) is 81.6 Å². The molecule has 5 unspecified atom stereocenters. The van der Waals surface area contributed by atoms with E-state index >= 15 is 0 Å². The van der Waals surface area contributed by atoms with Crippen LogP contribution in [0.3, 0.4) is 0 Å². The Morgan fingerprint density at radius 1 is 0.964 bits per heavy atom. The number of nitrogens with one attached hydrogen (secondary N) is 3. The molecule has 8 N–H and O–H groups in total. The first-order valence-corrected chi connectivity index (χ1v) is 9.37. The molecule has 162 valence electrons. The number of hydrogen-bond donors (Lipinski definition) is 8. The molecule has 5 atom stereocenters. The van der Waals surface area contributed by atoms with E-state index in [1.165, 1.54) is 6.92 Å². The molecule has 0 aliphatic carbocycles. The van der Waals surface area contributed by atoms with E-state index in [4.69, 9.17) is 15.9 Å². The van der Waals surface area contributed by atoms with Crippen molar-refractivity contribution in [3.63, 3.8) is 0 Å². The summed E-state index contributed by atoms with van der Waals surface area (Å²) in [7, 11) is 0. The van der Waals surface area contributed by atoms with E-state index in [1.54, 1.807) is 13.8 Å². The first-order valence-electron chi connectivity index (χ1n) is 8.73. The first-order chi connectivity index (χ1) is 12.9. The standard InChI is InChI=1S/C16H30N4O7S/c1-7(2)4-10(14(24)20-12(8(3)22)16(26)27)18-15(25)11(6-28)19-13(23)9(17)5-21/h7-12,21-22,28H,4-6,17H2,1-3H3,(H,18,25)(H,19,23)(H,20,24)(H,26,27). The fraction of sp³-hybridized carbons (Fsp3) is 0.750. The van der Waals surface area contributed by atoms with Gasteiger partial charge in [0.05, 0.1) is 12.7 Å². The van der Waals surface area contributed by atoms with Crippen molar-refractivity contribution in [1.29, 1.82) is 0 Å². The zero-order chi connectivity index (χ0) is 22.0. The van der Waals surface area contributed by atoms with Gasteiger partial charge in [-0.05, 0) is 19.3 Å². The van der Waals surface area contributed by atoms with Crippen LogP contribution in [0.15, 0.2) is 0 Å². The number of carbonyl (C=O) groups is 4. The van der Waals surface area contributed by atoms with Crippen LogP contribution in [0.1, 0.15) is 27.2 Å². The van der Waals surface area contributed by atoms with Crippen molar-refractivity contribution in [2.24, 2.45) is 11.7 Å². The minimum Gasteiger partial charge on any atom is -0.480 e. The maximum Gasteiger partial charge on any atom is 0.328 e. The molecule has 0 aromatic heterocycles. The van der Waals surface area contributed by atoms with Crippen LogP contribution in [0.25, 0.3) is 0 Å². The van der Waals surface area contributed by atoms with Crippen molar-refractivity contribution in [2.45, 2.75) is 57.5 Å². The van der Waals surface area contributed by atoms with E-state index in [9.17, 15) is 24.3 Å². The summed E-state index contributed by atoms with van der Waals surface area (Å²) in [6.45, 7) is 4.20. The molecule has 0 spiro atoms. The predicted octanol–water partition coefficient (Wildman–Crippen LogP) is -2.80. The quantitative estimate of drug-likeness (QED) is 0.155. The van der Waals surface area contributed by atoms with Gasteiger partial charge in [0.25, 0.3) is 0 Å². The Balaban J connectivity index is 5.24. The molecule has 0 aliphatic rings. The van der Waals surface area contributed by atoms with Gasteiger partial charge in [-0.3, -0.25) is 14.4 Å². The van der Waals surface area contributed by atoms with Crippen molar-refractivity contribution in [3.8, 4) is 0 Å². The van der Waals surface area contributed by atoms with E-state index in [-0.39, 0.29) is 18.1 Å². The lowest BCUT2D eigenvalue weighted by Crippen LogP contribution is -2.59. The van der Waals surface area contributed by atoms with Crippen molar-refractivity contribution < 1.29 is 34.5 Å². The maximum absolute atomic E-state index is 12.5. The molecular formula is C16H30N4O7S. The number of aliphatic hydroxyl groups is 2. The van der Waals surface area contributed by atoms with Gasteiger partial charge in [0, 0.05) is 5.75 Å². The number of aliphatic hydroxyl groups excluding tert-OH is 2. The molecule has 0 fully saturated rings. The van der Waals surface area contributed by atoms with Crippen molar-refractivity contribution >= 4 is 36.3 Å². The Kier molecular flexibility index (Phi) is 11.7. The highest BCUT2D eigenvalue weighted by atomic mass is 32.1. The summed E-state index contributed by atoms with van der Waals surface area (Å²) in [5.74, 6) is -3.82. The molecule has 28 heavy (non-hydrogen) atoms. The summed E-state index contributed by atoms with van der Waals surface area (Å²) in [5.41, 5.74) is 5.38. The molecule has 0 heterocycles. The number of amides is 3. The van der Waals surface area contributed by atoms with Gasteiger partial charge >= 0.3 is 5.97 Å². The number of nitrogens with two attached hydrogens (primary N) is 1. The minimum atomic E-state index is -1.54. The molecule has 0 aromatic rings. The largest absolute Gasteiger partial charge is 0.480 e. The van der Waals surface area contributed by atoms with Crippen LogP contribution in [0.4, 0.5) is 0 Å². The summed E-state index contributed by atoms with van der Waals surface area (Å²) in [6.07, 6.45) is -1.16. The molecule has 0 rings (SSSR count). The van der Waals surface area contributed by atoms with Gasteiger partial charge < -0.3 is 37.0 Å². The molecule has 0 aromatic carbocycles. The molecule has 0 aliphatic heterocycles. The molecule has 0 bridgehead atoms. The molecular weight excluding hydrogens is 392 g/mol. The molecule has 0 saturated carbocycles. The highest BCUT2D eigenvalue weighted by Crippen LogP contribution is 2.07. The van der Waals surface area contributed by atoms with E-state index < -0.39 is 60.6 Å². The van der Waals surface area contributed by atoms with E-state index in [2.05, 4.69) is 28.6 Å². The second-order valence-corrected chi connectivity index (χ2v) is 7.15. The van der Waals surface area contributed by atoms with E-state index in [1.807, 2.05) is 0 Å². The van der Waals surface area contributed by atoms with Crippen LogP contribution in [-0.2, 0) is 19.2 Å². The highest BCUT2D eigenvalue weighted by Gasteiger charge is 2.31. The number of aliphatic carboxylic acids is 1. The van der Waals surface area contributed by atoms with Crippen molar-refractivity contribution in [2.75, 3.05) is 12.4 Å². The monoisotopic (exact) mass is 422 g/mol. The van der Waals surface area contributed by atoms with Crippen molar-refractivity contribution in [1.82, 2.24) is 16.0 Å². The second-order valence-electron chi connectivity index (χ2n) is 6.79. The number of carboxylic acids is 1. The van der Waals surface area contributed by atoms with E-state index in [0.29, 0.717) is 0 Å². The summed E-state index contributed by atoms with van der Waals surface area (Å²) in [4.78, 5) is 47.8. The van der Waals surface area contributed by atoms with Gasteiger partial charge in [0.1, 0.15) is 18.1 Å². The second kappa shape index (κ2) is 12.5. The van der Waals surface area contributed by atoms with Crippen LogP contribution in [0, 0.1) is 5.92 Å². The number of carbonyl (C=O) groups excluding carboxylic acids is 3. The molecule has 12 heteroatoms. The Morgan fingerprint density at radius 3 is 1.86 bits per heavy atom. The van der Waals surface area contributed by atoms with E-state index in [0.717, 1.165) is 0 Å². The lowest BCUT2D eigenvalue weighted by molar-refractivity contribution is -0.145. The van der Waals surface area contributed by atoms with Crippen molar-refractivity contribution in [3.05, 3.63) is 0 Å². The third-order valence-corrected chi connectivity index (χ3v) is 4.10. The maximum atomic E-state index is 12.5. The summed E-state index contributed by atoms with van der Waals surface area (Å²) >= 11 is 3.99. The van der Waals surface area contributed by atoms with Crippen LogP contribution in [0.2, 0.25) is 0 Å². The lowest BCUT2D eigenvalue weighted by Gasteiger charge is -2.26. The third-order valence-electron chi connectivity index (χ3n) is 3.74. The normalized spacial score (nSPS) is 16.4. The fourth-order valence-electron chi connectivity index (χ4n) is 2.17. The van der Waals surface area contributed by atoms with Gasteiger partial charge in [-0.15, -0.1) is 0 Å². The number of rotatable bonds is 12. The Labute approximate surface area is 168 Å². The minimum absolute atomic E-state index is 0.0299. The SMILES string of the molecule is CC(C)CC(NC(=O)C(CS)NC(=O)C(N)CO)C(=O)NC(C(=O)O)C(C)O. The third kappa shape index (κ3) is 8.87. The smallest absolute Gasteiger partial charge is 0.328 e. The van der Waals surface area contributed by atoms with Crippen LogP contribution in [0.5, 0.6) is 0 Å². The average molecular weight is 423 g/mol. The molecule has 0 radical (unpaired) electrons. The van der Waals surface area contributed by atoms with Crippen LogP contribution >= 0.6 is 12.6 Å². The Morgan fingerprint density at radius 2 is 1.46 bits per heavy atom. The Bertz CT molecular complexity index is 559. The summed E-state index contributed by atoms with van der Waals surface area (Å²) in [5, 5.41) is 34.4. The zero-order valence-corrected chi connectivity index (χ0v) is 17.0. The highest BCUT2D eigenvalue weighted by molar-refractivity contribution is 7.80. The molecule has 11 nitrogen and oxygen atoms in total. The van der Waals surface area contributed by atoms with Gasteiger partial charge in [0.15, 0.2) is 6.04 Å². The number of thiol groups is 1. The molecule has 0 saturated heterocycles. The lowest BCUT2D eigenvalue weighted by atomic mass is 10.0. The summed E-state index contributed by atoms with van der Waals surface area (Å²) < 4.78 is 0. The zero-order valence-electron chi connectivity index (χ0n) is 16.1. The van der Waals surface area contributed by atoms with Gasteiger partial charge in [0.2, 0.25) is 17.7 Å². The predicted molar refractivity (Wildman–Crippen MR) is 103 cm³/mol. The fourth-order valence-corrected chi connectivity index (χ4v) is 2.43. The Hall–Kier alpha value is -1.89. The van der Waals surface area contributed by atoms with Gasteiger partial charge in [-0.2, -0.15) is 12.6 Å². The van der Waals surface area contributed by atoms with Crippen LogP contribution < -0.4 is 21.7 Å². The topological polar surface area (TPSA) is 191 Å². The summed E-state index contributed by atoms with van der Waals surface area (Å²) in [6, 6.07) is -4.98. The first kappa shape index (κ1) is 26.1. The van der Waals surface area contributed by atoms with Gasteiger partial charge in [-0.1, -0.05) is 13.8 Å². The number of hydrogen-bond acceptors (Lipinski definition) is 8. The molecule has 3 amide bonds.